The lowest BCUT2D eigenvalue weighted by Gasteiger charge is -2.09. The number of furan rings is 1. The summed E-state index contributed by atoms with van der Waals surface area (Å²) in [5.74, 6) is -1.11. The number of aromatic carboxylic acids is 1. The number of aliphatic hydroxyl groups is 1. The van der Waals surface area contributed by atoms with Crippen LogP contribution in [0.25, 0.3) is 10.8 Å². The van der Waals surface area contributed by atoms with E-state index in [4.69, 9.17) is 9.52 Å². The number of hydrogen-bond donors (Lipinski definition) is 2. The minimum Gasteiger partial charge on any atom is -0.475 e. The molecule has 20 heavy (non-hydrogen) atoms. The molecule has 0 spiro atoms. The summed E-state index contributed by atoms with van der Waals surface area (Å²) in [5.41, 5.74) is 0.662. The zero-order chi connectivity index (χ0) is 14.1. The molecule has 0 bridgehead atoms. The smallest absolute Gasteiger partial charge is 0.371 e. The Kier molecular flexibility index (Phi) is 3.00. The third kappa shape index (κ3) is 2.17. The van der Waals surface area contributed by atoms with Gasteiger partial charge in [-0.05, 0) is 34.5 Å². The normalized spacial score (nSPS) is 12.4. The average molecular weight is 268 g/mol. The van der Waals surface area contributed by atoms with Crippen LogP contribution in [0.15, 0.2) is 59.0 Å². The maximum Gasteiger partial charge on any atom is 0.371 e. The Hall–Kier alpha value is -2.59. The molecule has 2 N–H and O–H groups in total. The SMILES string of the molecule is O=C(O)c1ccc(C(O)c2ccc3ccccc3c2)o1. The summed E-state index contributed by atoms with van der Waals surface area (Å²) in [6.45, 7) is 0. The molecule has 3 rings (SSSR count). The van der Waals surface area contributed by atoms with Crippen molar-refractivity contribution in [2.45, 2.75) is 6.10 Å². The summed E-state index contributed by atoms with van der Waals surface area (Å²) in [7, 11) is 0. The Morgan fingerprint density at radius 2 is 1.75 bits per heavy atom. The highest BCUT2D eigenvalue weighted by Gasteiger charge is 2.17. The summed E-state index contributed by atoms with van der Waals surface area (Å²) in [6.07, 6.45) is -0.979. The fourth-order valence-corrected chi connectivity index (χ4v) is 2.16. The molecule has 0 aliphatic heterocycles. The van der Waals surface area contributed by atoms with Crippen LogP contribution in [0.3, 0.4) is 0 Å². The van der Waals surface area contributed by atoms with Gasteiger partial charge in [-0.1, -0.05) is 36.4 Å². The van der Waals surface area contributed by atoms with Gasteiger partial charge in [-0.15, -0.1) is 0 Å². The molecule has 4 heteroatoms. The van der Waals surface area contributed by atoms with Gasteiger partial charge >= 0.3 is 5.97 Å². The maximum absolute atomic E-state index is 10.8. The summed E-state index contributed by atoms with van der Waals surface area (Å²) >= 11 is 0. The first-order valence-corrected chi connectivity index (χ1v) is 6.15. The predicted octanol–water partition coefficient (Wildman–Crippen LogP) is 3.21. The first kappa shape index (κ1) is 12.4. The number of carboxylic acid groups (broad SMARTS) is 1. The van der Waals surface area contributed by atoms with E-state index >= 15 is 0 Å². The second kappa shape index (κ2) is 4.83. The van der Waals surface area contributed by atoms with Crippen LogP contribution in [-0.2, 0) is 0 Å². The van der Waals surface area contributed by atoms with Gasteiger partial charge in [-0.3, -0.25) is 0 Å². The fraction of sp³-hybridized carbons (Fsp3) is 0.0625. The lowest BCUT2D eigenvalue weighted by molar-refractivity contribution is 0.0655. The van der Waals surface area contributed by atoms with E-state index in [1.807, 2.05) is 36.4 Å². The molecule has 0 amide bonds. The highest BCUT2D eigenvalue weighted by Crippen LogP contribution is 2.26. The van der Waals surface area contributed by atoms with Crippen molar-refractivity contribution in [1.82, 2.24) is 0 Å². The molecule has 0 aliphatic carbocycles. The van der Waals surface area contributed by atoms with Crippen LogP contribution in [0.1, 0.15) is 28.0 Å². The minimum atomic E-state index is -1.15. The average Bonchev–Trinajstić information content (AvgIpc) is 2.96. The Morgan fingerprint density at radius 3 is 2.45 bits per heavy atom. The van der Waals surface area contributed by atoms with Crippen molar-refractivity contribution in [2.24, 2.45) is 0 Å². The minimum absolute atomic E-state index is 0.181. The second-order valence-electron chi connectivity index (χ2n) is 4.52. The number of hydrogen-bond acceptors (Lipinski definition) is 3. The molecule has 1 heterocycles. The van der Waals surface area contributed by atoms with Crippen LogP contribution in [0.4, 0.5) is 0 Å². The van der Waals surface area contributed by atoms with Gasteiger partial charge in [0.2, 0.25) is 5.76 Å². The summed E-state index contributed by atoms with van der Waals surface area (Å²) < 4.78 is 5.12. The second-order valence-corrected chi connectivity index (χ2v) is 4.52. The molecule has 3 aromatic rings. The molecule has 1 atom stereocenters. The Morgan fingerprint density at radius 1 is 1.00 bits per heavy atom. The molecule has 0 aliphatic rings. The number of rotatable bonds is 3. The predicted molar refractivity (Wildman–Crippen MR) is 73.7 cm³/mol. The molecule has 0 radical (unpaired) electrons. The largest absolute Gasteiger partial charge is 0.475 e. The van der Waals surface area contributed by atoms with Gasteiger partial charge in [0.05, 0.1) is 0 Å². The van der Waals surface area contributed by atoms with Crippen molar-refractivity contribution in [1.29, 1.82) is 0 Å². The van der Waals surface area contributed by atoms with Crippen LogP contribution in [-0.4, -0.2) is 16.2 Å². The first-order chi connectivity index (χ1) is 9.65. The fourth-order valence-electron chi connectivity index (χ4n) is 2.16. The van der Waals surface area contributed by atoms with Crippen molar-refractivity contribution >= 4 is 16.7 Å². The van der Waals surface area contributed by atoms with Gasteiger partial charge in [0.25, 0.3) is 0 Å². The number of carbonyl (C=O) groups is 1. The van der Waals surface area contributed by atoms with Crippen LogP contribution in [0.5, 0.6) is 0 Å². The van der Waals surface area contributed by atoms with E-state index in [9.17, 15) is 9.90 Å². The van der Waals surface area contributed by atoms with E-state index in [0.717, 1.165) is 10.8 Å². The Balaban J connectivity index is 1.98. The number of fused-ring (bicyclic) bond motifs is 1. The van der Waals surface area contributed by atoms with Crippen LogP contribution in [0.2, 0.25) is 0 Å². The molecule has 0 saturated carbocycles. The molecular formula is C16H12O4. The highest BCUT2D eigenvalue weighted by atomic mass is 16.4. The van der Waals surface area contributed by atoms with Gasteiger partial charge in [0.1, 0.15) is 11.9 Å². The number of aliphatic hydroxyl groups excluding tert-OH is 1. The molecule has 2 aromatic carbocycles. The number of carboxylic acids is 1. The lowest BCUT2D eigenvalue weighted by Crippen LogP contribution is -1.98. The lowest BCUT2D eigenvalue weighted by atomic mass is 10.0. The molecular weight excluding hydrogens is 256 g/mol. The molecule has 0 fully saturated rings. The third-order valence-electron chi connectivity index (χ3n) is 3.20. The van der Waals surface area contributed by atoms with E-state index in [2.05, 4.69) is 0 Å². The van der Waals surface area contributed by atoms with Gasteiger partial charge in [-0.25, -0.2) is 4.79 Å². The van der Waals surface area contributed by atoms with Gasteiger partial charge in [0.15, 0.2) is 0 Å². The van der Waals surface area contributed by atoms with E-state index in [-0.39, 0.29) is 11.5 Å². The standard InChI is InChI=1S/C16H12O4/c17-15(13-7-8-14(20-13)16(18)19)12-6-5-10-3-1-2-4-11(10)9-12/h1-9,15,17H,(H,18,19). The van der Waals surface area contributed by atoms with Gasteiger partial charge in [0, 0.05) is 0 Å². The zero-order valence-corrected chi connectivity index (χ0v) is 10.5. The van der Waals surface area contributed by atoms with E-state index in [0.29, 0.717) is 5.56 Å². The molecule has 100 valence electrons. The van der Waals surface area contributed by atoms with Crippen LogP contribution in [0, 0.1) is 0 Å². The van der Waals surface area contributed by atoms with Crippen LogP contribution >= 0.6 is 0 Å². The van der Waals surface area contributed by atoms with Gasteiger partial charge < -0.3 is 14.6 Å². The zero-order valence-electron chi connectivity index (χ0n) is 10.5. The van der Waals surface area contributed by atoms with Crippen molar-refractivity contribution in [3.05, 3.63) is 71.7 Å². The maximum atomic E-state index is 10.8. The molecule has 4 nitrogen and oxygen atoms in total. The topological polar surface area (TPSA) is 70.7 Å². The van der Waals surface area contributed by atoms with E-state index < -0.39 is 12.1 Å². The summed E-state index contributed by atoms with van der Waals surface area (Å²) in [5, 5.41) is 21.2. The van der Waals surface area contributed by atoms with Crippen LogP contribution < -0.4 is 0 Å². The summed E-state index contributed by atoms with van der Waals surface area (Å²) in [6, 6.07) is 16.2. The summed E-state index contributed by atoms with van der Waals surface area (Å²) in [4.78, 5) is 10.8. The van der Waals surface area contributed by atoms with Crippen molar-refractivity contribution < 1.29 is 19.4 Å². The Bertz CT molecular complexity index is 773. The van der Waals surface area contributed by atoms with Crippen molar-refractivity contribution in [3.63, 3.8) is 0 Å². The highest BCUT2D eigenvalue weighted by molar-refractivity contribution is 5.84. The van der Waals surface area contributed by atoms with E-state index in [1.165, 1.54) is 12.1 Å². The Labute approximate surface area is 114 Å². The third-order valence-corrected chi connectivity index (χ3v) is 3.20. The molecule has 1 aromatic heterocycles. The first-order valence-electron chi connectivity index (χ1n) is 6.15. The van der Waals surface area contributed by atoms with Crippen molar-refractivity contribution in [3.8, 4) is 0 Å². The molecule has 1 unspecified atom stereocenters. The van der Waals surface area contributed by atoms with E-state index in [1.54, 1.807) is 6.07 Å². The quantitative estimate of drug-likeness (QED) is 0.765. The van der Waals surface area contributed by atoms with Gasteiger partial charge in [-0.2, -0.15) is 0 Å². The number of benzene rings is 2. The monoisotopic (exact) mass is 268 g/mol. The molecule has 0 saturated heterocycles. The van der Waals surface area contributed by atoms with Crippen molar-refractivity contribution in [2.75, 3.05) is 0 Å².